The van der Waals surface area contributed by atoms with E-state index in [0.29, 0.717) is 5.78 Å². The third-order valence-electron chi connectivity index (χ3n) is 2.84. The second-order valence-corrected chi connectivity index (χ2v) is 3.75. The number of carbonyl (C=O) groups excluding carboxylic acids is 1. The van der Waals surface area contributed by atoms with E-state index in [-0.39, 0.29) is 5.92 Å². The third-order valence-corrected chi connectivity index (χ3v) is 2.84. The number of Topliss-reactive ketones (excluding diaryl/α,β-unsaturated/α-hetero) is 1. The van der Waals surface area contributed by atoms with E-state index in [1.807, 2.05) is 24.3 Å². The monoisotopic (exact) mass is 190 g/mol. The molecule has 2 heteroatoms. The molecule has 1 aliphatic carbocycles. The molecule has 2 nitrogen and oxygen atoms in total. The second-order valence-electron chi connectivity index (χ2n) is 3.75. The van der Waals surface area contributed by atoms with E-state index in [2.05, 4.69) is 0 Å². The van der Waals surface area contributed by atoms with Crippen LogP contribution in [0, 0.1) is 5.92 Å². The Balaban J connectivity index is 1.99. The fourth-order valence-corrected chi connectivity index (χ4v) is 1.73. The van der Waals surface area contributed by atoms with Crippen LogP contribution in [-0.2, 0) is 11.2 Å². The Kier molecular flexibility index (Phi) is 2.53. The third kappa shape index (κ3) is 1.79. The average Bonchev–Trinajstić information content (AvgIpc) is 2.24. The summed E-state index contributed by atoms with van der Waals surface area (Å²) < 4.78 is 5.07. The molecule has 1 aliphatic rings. The van der Waals surface area contributed by atoms with Crippen LogP contribution in [0.3, 0.4) is 0 Å². The number of hydrogen-bond acceptors (Lipinski definition) is 2. The molecular formula is C12H14O2. The summed E-state index contributed by atoms with van der Waals surface area (Å²) in [5, 5.41) is 0. The zero-order valence-corrected chi connectivity index (χ0v) is 8.32. The highest BCUT2D eigenvalue weighted by molar-refractivity contribution is 5.86. The van der Waals surface area contributed by atoms with Crippen molar-refractivity contribution >= 4 is 5.78 Å². The molecule has 1 aromatic carbocycles. The number of ether oxygens (including phenoxy) is 1. The molecule has 14 heavy (non-hydrogen) atoms. The minimum Gasteiger partial charge on any atom is -0.497 e. The van der Waals surface area contributed by atoms with Crippen molar-refractivity contribution in [2.45, 2.75) is 19.3 Å². The maximum absolute atomic E-state index is 11.1. The summed E-state index contributed by atoms with van der Waals surface area (Å²) in [6, 6.07) is 7.95. The van der Waals surface area contributed by atoms with E-state index in [0.717, 1.165) is 25.0 Å². The topological polar surface area (TPSA) is 26.3 Å². The van der Waals surface area contributed by atoms with Gasteiger partial charge in [0.2, 0.25) is 0 Å². The minimum absolute atomic E-state index is 0.281. The molecule has 0 saturated heterocycles. The smallest absolute Gasteiger partial charge is 0.136 e. The zero-order valence-electron chi connectivity index (χ0n) is 8.32. The quantitative estimate of drug-likeness (QED) is 0.730. The average molecular weight is 190 g/mol. The van der Waals surface area contributed by atoms with Gasteiger partial charge < -0.3 is 4.74 Å². The summed E-state index contributed by atoms with van der Waals surface area (Å²) in [5.41, 5.74) is 1.23. The van der Waals surface area contributed by atoms with Crippen molar-refractivity contribution in [3.05, 3.63) is 29.8 Å². The van der Waals surface area contributed by atoms with Gasteiger partial charge in [-0.3, -0.25) is 4.79 Å². The largest absolute Gasteiger partial charge is 0.497 e. The van der Waals surface area contributed by atoms with Crippen molar-refractivity contribution < 1.29 is 9.53 Å². The van der Waals surface area contributed by atoms with Crippen LogP contribution in [0.25, 0.3) is 0 Å². The predicted molar refractivity (Wildman–Crippen MR) is 54.4 cm³/mol. The molecule has 0 bridgehead atoms. The van der Waals surface area contributed by atoms with E-state index in [1.54, 1.807) is 7.11 Å². The summed E-state index contributed by atoms with van der Waals surface area (Å²) in [6.07, 6.45) is 2.73. The molecule has 1 saturated carbocycles. The molecule has 2 rings (SSSR count). The van der Waals surface area contributed by atoms with E-state index in [1.165, 1.54) is 5.56 Å². The molecule has 0 spiro atoms. The van der Waals surface area contributed by atoms with Crippen LogP contribution in [0.2, 0.25) is 0 Å². The summed E-state index contributed by atoms with van der Waals surface area (Å²) in [7, 11) is 1.66. The first-order valence-electron chi connectivity index (χ1n) is 4.95. The molecule has 0 N–H and O–H groups in total. The minimum atomic E-state index is 0.281. The fraction of sp³-hybridized carbons (Fsp3) is 0.417. The Morgan fingerprint density at radius 2 is 2.07 bits per heavy atom. The highest BCUT2D eigenvalue weighted by Gasteiger charge is 2.27. The lowest BCUT2D eigenvalue weighted by Crippen LogP contribution is -2.27. The predicted octanol–water partition coefficient (Wildman–Crippen LogP) is 2.22. The Morgan fingerprint density at radius 3 is 2.50 bits per heavy atom. The molecule has 74 valence electrons. The van der Waals surface area contributed by atoms with Crippen LogP contribution in [-0.4, -0.2) is 12.9 Å². The Morgan fingerprint density at radius 1 is 1.36 bits per heavy atom. The highest BCUT2D eigenvalue weighted by Crippen LogP contribution is 2.26. The van der Waals surface area contributed by atoms with Crippen LogP contribution >= 0.6 is 0 Å². The van der Waals surface area contributed by atoms with Gasteiger partial charge in [-0.2, -0.15) is 0 Å². The van der Waals surface area contributed by atoms with Gasteiger partial charge in [0.15, 0.2) is 0 Å². The molecule has 1 atom stereocenters. The molecule has 1 aromatic rings. The maximum Gasteiger partial charge on any atom is 0.136 e. The number of benzene rings is 1. The summed E-state index contributed by atoms with van der Waals surface area (Å²) in [5.74, 6) is 1.57. The fourth-order valence-electron chi connectivity index (χ4n) is 1.73. The molecule has 0 radical (unpaired) electrons. The van der Waals surface area contributed by atoms with Gasteiger partial charge in [0, 0.05) is 12.3 Å². The van der Waals surface area contributed by atoms with Gasteiger partial charge >= 0.3 is 0 Å². The lowest BCUT2D eigenvalue weighted by molar-refractivity contribution is -0.129. The Labute approximate surface area is 83.9 Å². The highest BCUT2D eigenvalue weighted by atomic mass is 16.5. The van der Waals surface area contributed by atoms with Crippen LogP contribution in [0.1, 0.15) is 18.4 Å². The van der Waals surface area contributed by atoms with E-state index < -0.39 is 0 Å². The second kappa shape index (κ2) is 3.82. The first-order chi connectivity index (χ1) is 6.79. The lowest BCUT2D eigenvalue weighted by Gasteiger charge is -2.23. The molecule has 0 amide bonds. The van der Waals surface area contributed by atoms with Crippen molar-refractivity contribution in [2.24, 2.45) is 5.92 Å². The van der Waals surface area contributed by atoms with Gasteiger partial charge in [0.05, 0.1) is 7.11 Å². The molecule has 0 aliphatic heterocycles. The first-order valence-corrected chi connectivity index (χ1v) is 4.95. The number of hydrogen-bond donors (Lipinski definition) is 0. The summed E-state index contributed by atoms with van der Waals surface area (Å²) >= 11 is 0. The molecular weight excluding hydrogens is 176 g/mol. The van der Waals surface area contributed by atoms with Gasteiger partial charge in [-0.15, -0.1) is 0 Å². The lowest BCUT2D eigenvalue weighted by atomic mass is 9.79. The maximum atomic E-state index is 11.1. The van der Waals surface area contributed by atoms with Gasteiger partial charge in [-0.05, 0) is 30.5 Å². The van der Waals surface area contributed by atoms with Crippen molar-refractivity contribution in [3.63, 3.8) is 0 Å². The van der Waals surface area contributed by atoms with Gasteiger partial charge in [0.1, 0.15) is 11.5 Å². The van der Waals surface area contributed by atoms with Gasteiger partial charge in [-0.1, -0.05) is 12.1 Å². The van der Waals surface area contributed by atoms with Crippen molar-refractivity contribution in [2.75, 3.05) is 7.11 Å². The number of methoxy groups -OCH3 is 1. The molecule has 1 unspecified atom stereocenters. The van der Waals surface area contributed by atoms with Crippen molar-refractivity contribution in [3.8, 4) is 5.75 Å². The van der Waals surface area contributed by atoms with Crippen LogP contribution < -0.4 is 4.74 Å². The number of carbonyl (C=O) groups is 1. The van der Waals surface area contributed by atoms with Gasteiger partial charge in [-0.25, -0.2) is 0 Å². The normalized spacial score (nSPS) is 20.4. The number of ketones is 1. The van der Waals surface area contributed by atoms with Crippen LogP contribution in [0.5, 0.6) is 5.75 Å². The van der Waals surface area contributed by atoms with Crippen molar-refractivity contribution in [1.82, 2.24) is 0 Å². The van der Waals surface area contributed by atoms with Crippen molar-refractivity contribution in [1.29, 1.82) is 0 Å². The summed E-state index contributed by atoms with van der Waals surface area (Å²) in [4.78, 5) is 11.1. The van der Waals surface area contributed by atoms with E-state index in [9.17, 15) is 4.79 Å². The molecule has 1 fully saturated rings. The number of rotatable bonds is 3. The first kappa shape index (κ1) is 9.25. The van der Waals surface area contributed by atoms with Crippen LogP contribution in [0.15, 0.2) is 24.3 Å². The zero-order chi connectivity index (χ0) is 9.97. The van der Waals surface area contributed by atoms with E-state index >= 15 is 0 Å². The van der Waals surface area contributed by atoms with Gasteiger partial charge in [0.25, 0.3) is 0 Å². The Hall–Kier alpha value is -1.31. The molecule has 0 aromatic heterocycles. The van der Waals surface area contributed by atoms with Crippen LogP contribution in [0.4, 0.5) is 0 Å². The standard InChI is InChI=1S/C12H14O2/c1-14-11-5-2-9(3-6-11)8-10-4-7-12(10)13/h2-3,5-6,10H,4,7-8H2,1H3. The molecule has 0 heterocycles. The summed E-state index contributed by atoms with van der Waals surface area (Å²) in [6.45, 7) is 0. The van der Waals surface area contributed by atoms with E-state index in [4.69, 9.17) is 4.74 Å². The SMILES string of the molecule is COc1ccc(CC2CCC2=O)cc1. The Bertz CT molecular complexity index is 327.